The molecule has 0 spiro atoms. The largest absolute Gasteiger partial charge is 0.486 e. The molecule has 168 valence electrons. The molecule has 0 radical (unpaired) electrons. The van der Waals surface area contributed by atoms with Crippen molar-refractivity contribution in [3.8, 4) is 11.5 Å². The van der Waals surface area contributed by atoms with Crippen LogP contribution < -0.4 is 9.47 Å². The Labute approximate surface area is 201 Å². The van der Waals surface area contributed by atoms with Crippen molar-refractivity contribution >= 4 is 34.1 Å². The summed E-state index contributed by atoms with van der Waals surface area (Å²) in [5, 5.41) is 7.49. The smallest absolute Gasteiger partial charge is 0.274 e. The number of pyridine rings is 1. The van der Waals surface area contributed by atoms with E-state index in [1.807, 2.05) is 66.7 Å². The Morgan fingerprint density at radius 1 is 0.912 bits per heavy atom. The second-order valence-electron chi connectivity index (χ2n) is 8.21. The number of rotatable bonds is 3. The average molecular weight is 470 g/mol. The van der Waals surface area contributed by atoms with E-state index in [9.17, 15) is 4.79 Å². The van der Waals surface area contributed by atoms with E-state index in [0.29, 0.717) is 47.4 Å². The number of fused-ring (bicyclic) bond motifs is 2. The zero-order valence-corrected chi connectivity index (χ0v) is 18.9. The van der Waals surface area contributed by atoms with Crippen LogP contribution in [0.1, 0.15) is 33.9 Å². The fraction of sp³-hybridized carbons (Fsp3) is 0.148. The molecular formula is C27H20ClN3O3. The van der Waals surface area contributed by atoms with Crippen LogP contribution in [0, 0.1) is 0 Å². The van der Waals surface area contributed by atoms with Crippen LogP contribution in [0.4, 0.5) is 0 Å². The van der Waals surface area contributed by atoms with Gasteiger partial charge >= 0.3 is 0 Å². The Balaban J connectivity index is 1.45. The highest BCUT2D eigenvalue weighted by Gasteiger charge is 2.35. The number of amides is 1. The van der Waals surface area contributed by atoms with Gasteiger partial charge in [-0.2, -0.15) is 5.10 Å². The van der Waals surface area contributed by atoms with E-state index in [4.69, 9.17) is 26.2 Å². The van der Waals surface area contributed by atoms with Crippen molar-refractivity contribution in [3.05, 3.63) is 101 Å². The number of carbonyl (C=O) groups excluding carboxylic acids is 1. The standard InChI is InChI=1S/C27H20ClN3O3/c28-26-20(13-19-14-24-25(16-21(19)29-26)34-12-11-33-24)23-15-22(17-7-3-1-4-8-17)30-31(23)27(32)18-9-5-2-6-10-18/h1-10,13-14,16,23H,11-12,15H2. The molecule has 34 heavy (non-hydrogen) atoms. The second-order valence-corrected chi connectivity index (χ2v) is 8.56. The highest BCUT2D eigenvalue weighted by atomic mass is 35.5. The molecule has 1 atom stereocenters. The molecular weight excluding hydrogens is 450 g/mol. The molecule has 0 aliphatic carbocycles. The van der Waals surface area contributed by atoms with E-state index < -0.39 is 0 Å². The van der Waals surface area contributed by atoms with Crippen molar-refractivity contribution in [3.63, 3.8) is 0 Å². The Morgan fingerprint density at radius 2 is 1.59 bits per heavy atom. The molecule has 2 aliphatic rings. The fourth-order valence-corrected chi connectivity index (χ4v) is 4.67. The molecule has 6 nitrogen and oxygen atoms in total. The minimum atomic E-state index is -0.388. The Kier molecular flexibility index (Phi) is 5.15. The molecule has 0 saturated heterocycles. The van der Waals surface area contributed by atoms with Gasteiger partial charge in [0.1, 0.15) is 18.4 Å². The van der Waals surface area contributed by atoms with Gasteiger partial charge in [-0.15, -0.1) is 0 Å². The van der Waals surface area contributed by atoms with Crippen LogP contribution in [0.2, 0.25) is 5.15 Å². The van der Waals surface area contributed by atoms with Gasteiger partial charge in [-0.25, -0.2) is 9.99 Å². The summed E-state index contributed by atoms with van der Waals surface area (Å²) >= 11 is 6.70. The lowest BCUT2D eigenvalue weighted by Gasteiger charge is -2.23. The zero-order chi connectivity index (χ0) is 23.1. The maximum atomic E-state index is 13.5. The lowest BCUT2D eigenvalue weighted by Crippen LogP contribution is -2.27. The number of hydrogen-bond donors (Lipinski definition) is 0. The number of aromatic nitrogens is 1. The summed E-state index contributed by atoms with van der Waals surface area (Å²) in [4.78, 5) is 18.1. The monoisotopic (exact) mass is 469 g/mol. The molecule has 3 heterocycles. The van der Waals surface area contributed by atoms with E-state index in [1.165, 1.54) is 5.01 Å². The van der Waals surface area contributed by atoms with E-state index >= 15 is 0 Å². The van der Waals surface area contributed by atoms with Crippen LogP contribution in [0.3, 0.4) is 0 Å². The van der Waals surface area contributed by atoms with Crippen LogP contribution in [-0.4, -0.2) is 34.8 Å². The zero-order valence-electron chi connectivity index (χ0n) is 18.1. The molecule has 2 aliphatic heterocycles. The number of ether oxygens (including phenoxy) is 2. The Hall–Kier alpha value is -3.90. The normalized spacial score (nSPS) is 17.0. The van der Waals surface area contributed by atoms with Crippen LogP contribution in [0.15, 0.2) is 84.0 Å². The lowest BCUT2D eigenvalue weighted by atomic mass is 9.98. The summed E-state index contributed by atoms with van der Waals surface area (Å²) in [5.74, 6) is 1.15. The van der Waals surface area contributed by atoms with E-state index in [2.05, 4.69) is 4.98 Å². The number of carbonyl (C=O) groups is 1. The van der Waals surface area contributed by atoms with Crippen molar-refractivity contribution in [2.75, 3.05) is 13.2 Å². The third kappa shape index (κ3) is 3.66. The molecule has 1 unspecified atom stereocenters. The van der Waals surface area contributed by atoms with Gasteiger partial charge in [0.15, 0.2) is 11.5 Å². The fourth-order valence-electron chi connectivity index (χ4n) is 4.40. The summed E-state index contributed by atoms with van der Waals surface area (Å²) < 4.78 is 11.4. The molecule has 7 heteroatoms. The molecule has 0 saturated carbocycles. The first-order chi connectivity index (χ1) is 16.7. The maximum Gasteiger partial charge on any atom is 0.274 e. The lowest BCUT2D eigenvalue weighted by molar-refractivity contribution is 0.0711. The number of hydrazone groups is 1. The minimum Gasteiger partial charge on any atom is -0.486 e. The summed E-state index contributed by atoms with van der Waals surface area (Å²) in [6, 6.07) is 24.4. The number of benzene rings is 3. The summed E-state index contributed by atoms with van der Waals surface area (Å²) in [6.45, 7) is 1.01. The Bertz CT molecular complexity index is 1420. The van der Waals surface area contributed by atoms with Gasteiger partial charge in [0.05, 0.1) is 17.3 Å². The van der Waals surface area contributed by atoms with Crippen LogP contribution in [0.5, 0.6) is 11.5 Å². The first kappa shape index (κ1) is 20.7. The van der Waals surface area contributed by atoms with Crippen molar-refractivity contribution in [1.82, 2.24) is 9.99 Å². The molecule has 0 bridgehead atoms. The van der Waals surface area contributed by atoms with E-state index in [1.54, 1.807) is 12.1 Å². The van der Waals surface area contributed by atoms with Gasteiger partial charge in [-0.3, -0.25) is 4.79 Å². The molecule has 0 N–H and O–H groups in total. The summed E-state index contributed by atoms with van der Waals surface area (Å²) in [5.41, 5.74) is 3.81. The highest BCUT2D eigenvalue weighted by Crippen LogP contribution is 2.40. The van der Waals surface area contributed by atoms with Crippen LogP contribution in [0.25, 0.3) is 10.9 Å². The van der Waals surface area contributed by atoms with E-state index in [0.717, 1.165) is 22.2 Å². The Morgan fingerprint density at radius 3 is 2.32 bits per heavy atom. The molecule has 6 rings (SSSR count). The first-order valence-electron chi connectivity index (χ1n) is 11.1. The van der Waals surface area contributed by atoms with Crippen molar-refractivity contribution in [2.24, 2.45) is 5.10 Å². The summed E-state index contributed by atoms with van der Waals surface area (Å²) in [7, 11) is 0. The average Bonchev–Trinajstić information content (AvgIpc) is 3.33. The third-order valence-electron chi connectivity index (χ3n) is 6.06. The number of halogens is 1. The quantitative estimate of drug-likeness (QED) is 0.364. The van der Waals surface area contributed by atoms with Crippen LogP contribution in [-0.2, 0) is 0 Å². The molecule has 3 aromatic carbocycles. The molecule has 0 fully saturated rings. The van der Waals surface area contributed by atoms with Gasteiger partial charge in [0.25, 0.3) is 5.91 Å². The molecule has 4 aromatic rings. The number of nitrogens with zero attached hydrogens (tertiary/aromatic N) is 3. The van der Waals surface area contributed by atoms with Crippen molar-refractivity contribution < 1.29 is 14.3 Å². The van der Waals surface area contributed by atoms with Crippen molar-refractivity contribution in [2.45, 2.75) is 12.5 Å². The van der Waals surface area contributed by atoms with E-state index in [-0.39, 0.29) is 11.9 Å². The highest BCUT2D eigenvalue weighted by molar-refractivity contribution is 6.30. The predicted octanol–water partition coefficient (Wildman–Crippen LogP) is 5.65. The maximum absolute atomic E-state index is 13.5. The topological polar surface area (TPSA) is 64.0 Å². The van der Waals surface area contributed by atoms with Crippen molar-refractivity contribution in [1.29, 1.82) is 0 Å². The van der Waals surface area contributed by atoms with Gasteiger partial charge in [-0.05, 0) is 29.8 Å². The number of hydrogen-bond acceptors (Lipinski definition) is 5. The summed E-state index contributed by atoms with van der Waals surface area (Å²) in [6.07, 6.45) is 0.528. The predicted molar refractivity (Wildman–Crippen MR) is 131 cm³/mol. The van der Waals surface area contributed by atoms with Gasteiger partial charge < -0.3 is 9.47 Å². The molecule has 1 amide bonds. The van der Waals surface area contributed by atoms with Gasteiger partial charge in [0.2, 0.25) is 0 Å². The molecule has 1 aromatic heterocycles. The van der Waals surface area contributed by atoms with Gasteiger partial charge in [-0.1, -0.05) is 60.1 Å². The minimum absolute atomic E-state index is 0.185. The van der Waals surface area contributed by atoms with Crippen LogP contribution >= 0.6 is 11.6 Å². The third-order valence-corrected chi connectivity index (χ3v) is 6.37. The first-order valence-corrected chi connectivity index (χ1v) is 11.5. The van der Waals surface area contributed by atoms with Gasteiger partial charge in [0, 0.05) is 29.0 Å². The SMILES string of the molecule is O=C(c1ccccc1)N1N=C(c2ccccc2)CC1c1cc2cc3c(cc2nc1Cl)OCCO3. The second kappa shape index (κ2) is 8.47.